The highest BCUT2D eigenvalue weighted by molar-refractivity contribution is 5.92. The van der Waals surface area contributed by atoms with Crippen molar-refractivity contribution in [2.24, 2.45) is 5.18 Å². The Labute approximate surface area is 92.9 Å². The van der Waals surface area contributed by atoms with E-state index in [0.717, 1.165) is 18.2 Å². The molecule has 86 valence electrons. The molecule has 2 rings (SSSR count). The summed E-state index contributed by atoms with van der Waals surface area (Å²) in [6.07, 6.45) is 0. The van der Waals surface area contributed by atoms with Gasteiger partial charge in [0.25, 0.3) is 0 Å². The number of phenolic OH excluding ortho intramolecular Hbond substituents is 1. The predicted molar refractivity (Wildman–Crippen MR) is 56.6 cm³/mol. The summed E-state index contributed by atoms with van der Waals surface area (Å²) < 4.78 is 4.87. The van der Waals surface area contributed by atoms with E-state index in [1.807, 2.05) is 0 Å². The molecule has 0 amide bonds. The number of phenols is 1. The second-order valence-corrected chi connectivity index (χ2v) is 3.21. The first-order valence-corrected chi connectivity index (χ1v) is 4.40. The summed E-state index contributed by atoms with van der Waals surface area (Å²) >= 11 is 0. The Morgan fingerprint density at radius 1 is 1.29 bits per heavy atom. The minimum Gasteiger partial charge on any atom is -0.508 e. The molecule has 0 saturated heterocycles. The number of hydrogen-bond donors (Lipinski definition) is 2. The normalized spacial score (nSPS) is 10.4. The van der Waals surface area contributed by atoms with Crippen molar-refractivity contribution in [3.63, 3.8) is 0 Å². The molecule has 7 nitrogen and oxygen atoms in total. The molecule has 0 aliphatic heterocycles. The van der Waals surface area contributed by atoms with Crippen LogP contribution >= 0.6 is 0 Å². The van der Waals surface area contributed by atoms with Crippen molar-refractivity contribution in [2.75, 3.05) is 0 Å². The number of nitrogens with zero attached hydrogens (tertiary/aromatic N) is 1. The number of benzene rings is 1. The summed E-state index contributed by atoms with van der Waals surface area (Å²) in [7, 11) is 0. The van der Waals surface area contributed by atoms with Gasteiger partial charge in [-0.15, -0.1) is 4.91 Å². The molecule has 7 heteroatoms. The molecule has 1 aromatic carbocycles. The van der Waals surface area contributed by atoms with Gasteiger partial charge in [-0.1, -0.05) is 0 Å². The second-order valence-electron chi connectivity index (χ2n) is 3.21. The van der Waals surface area contributed by atoms with Crippen molar-refractivity contribution < 1.29 is 19.4 Å². The molecule has 0 saturated carbocycles. The molecule has 0 unspecified atom stereocenters. The van der Waals surface area contributed by atoms with Crippen LogP contribution in [-0.4, -0.2) is 16.2 Å². The number of fused-ring (bicyclic) bond motifs is 1. The van der Waals surface area contributed by atoms with Crippen LogP contribution in [0, 0.1) is 4.91 Å². The molecule has 0 aliphatic rings. The van der Waals surface area contributed by atoms with E-state index in [2.05, 4.69) is 5.18 Å². The summed E-state index contributed by atoms with van der Waals surface area (Å²) in [6, 6.07) is 2.78. The Balaban J connectivity index is 2.95. The molecule has 0 spiro atoms. The van der Waals surface area contributed by atoms with Gasteiger partial charge in [0.05, 0.1) is 5.39 Å². The average molecular weight is 235 g/mol. The van der Waals surface area contributed by atoms with Gasteiger partial charge >= 0.3 is 5.97 Å². The monoisotopic (exact) mass is 235 g/mol. The maximum Gasteiger partial charge on any atom is 0.371 e. The van der Waals surface area contributed by atoms with Crippen LogP contribution in [0.2, 0.25) is 0 Å². The summed E-state index contributed by atoms with van der Waals surface area (Å²) in [4.78, 5) is 32.7. The number of nitroso groups, excluding NO2 is 1. The Hall–Kier alpha value is -2.70. The fraction of sp³-hybridized carbons (Fsp3) is 0. The van der Waals surface area contributed by atoms with Crippen LogP contribution in [0.15, 0.2) is 32.6 Å². The first-order chi connectivity index (χ1) is 8.02. The Bertz CT molecular complexity index is 687. The van der Waals surface area contributed by atoms with Gasteiger partial charge in [-0.05, 0) is 5.18 Å². The summed E-state index contributed by atoms with van der Waals surface area (Å²) in [5.41, 5.74) is -1.21. The van der Waals surface area contributed by atoms with Crippen LogP contribution in [0.5, 0.6) is 5.75 Å². The highest BCUT2D eigenvalue weighted by Gasteiger charge is 2.15. The number of hydrogen-bond acceptors (Lipinski definition) is 6. The van der Waals surface area contributed by atoms with Crippen LogP contribution in [-0.2, 0) is 0 Å². The average Bonchev–Trinajstić information content (AvgIpc) is 2.26. The van der Waals surface area contributed by atoms with Gasteiger partial charge in [-0.3, -0.25) is 4.79 Å². The fourth-order valence-corrected chi connectivity index (χ4v) is 1.43. The number of carboxylic acid groups (broad SMARTS) is 1. The summed E-state index contributed by atoms with van der Waals surface area (Å²) in [5, 5.41) is 20.4. The topological polar surface area (TPSA) is 117 Å². The van der Waals surface area contributed by atoms with Crippen molar-refractivity contribution >= 4 is 22.6 Å². The molecular weight excluding hydrogens is 230 g/mol. The van der Waals surface area contributed by atoms with Crippen molar-refractivity contribution in [3.8, 4) is 5.75 Å². The van der Waals surface area contributed by atoms with Crippen LogP contribution in [0.25, 0.3) is 11.0 Å². The third-order valence-corrected chi connectivity index (χ3v) is 2.10. The van der Waals surface area contributed by atoms with E-state index in [0.29, 0.717) is 0 Å². The predicted octanol–water partition coefficient (Wildman–Crippen LogP) is 1.59. The lowest BCUT2D eigenvalue weighted by Crippen LogP contribution is -2.06. The fourth-order valence-electron chi connectivity index (χ4n) is 1.43. The van der Waals surface area contributed by atoms with Crippen LogP contribution < -0.4 is 5.43 Å². The largest absolute Gasteiger partial charge is 0.508 e. The SMILES string of the molecule is O=Nc1cc(O)cc2oc(C(=O)O)cc(=O)c12. The van der Waals surface area contributed by atoms with Gasteiger partial charge in [0, 0.05) is 18.2 Å². The van der Waals surface area contributed by atoms with E-state index < -0.39 is 17.2 Å². The standard InChI is InChI=1S/C10H5NO6/c12-4-1-5(11-16)9-6(13)3-8(10(14)15)17-7(9)2-4/h1-3,12H,(H,14,15). The molecule has 0 atom stereocenters. The Morgan fingerprint density at radius 2 is 2.00 bits per heavy atom. The Morgan fingerprint density at radius 3 is 2.59 bits per heavy atom. The van der Waals surface area contributed by atoms with Crippen molar-refractivity contribution in [3.05, 3.63) is 39.1 Å². The van der Waals surface area contributed by atoms with E-state index in [1.165, 1.54) is 0 Å². The van der Waals surface area contributed by atoms with Crippen LogP contribution in [0.4, 0.5) is 5.69 Å². The highest BCUT2D eigenvalue weighted by Crippen LogP contribution is 2.28. The maximum absolute atomic E-state index is 11.6. The van der Waals surface area contributed by atoms with Crippen molar-refractivity contribution in [1.29, 1.82) is 0 Å². The second kappa shape index (κ2) is 3.71. The van der Waals surface area contributed by atoms with E-state index in [4.69, 9.17) is 9.52 Å². The minimum absolute atomic E-state index is 0.164. The smallest absolute Gasteiger partial charge is 0.371 e. The van der Waals surface area contributed by atoms with Gasteiger partial charge in [0.2, 0.25) is 5.76 Å². The molecule has 1 aromatic heterocycles. The molecular formula is C10H5NO6. The van der Waals surface area contributed by atoms with E-state index in [9.17, 15) is 19.6 Å². The lowest BCUT2D eigenvalue weighted by atomic mass is 10.1. The van der Waals surface area contributed by atoms with Crippen LogP contribution in [0.3, 0.4) is 0 Å². The zero-order valence-electron chi connectivity index (χ0n) is 8.21. The number of carboxylic acids is 1. The number of carbonyl (C=O) groups is 1. The third-order valence-electron chi connectivity index (χ3n) is 2.10. The van der Waals surface area contributed by atoms with Crippen molar-refractivity contribution in [2.45, 2.75) is 0 Å². The zero-order valence-corrected chi connectivity index (χ0v) is 8.21. The highest BCUT2D eigenvalue weighted by atomic mass is 16.4. The Kier molecular flexibility index (Phi) is 2.36. The first-order valence-electron chi connectivity index (χ1n) is 4.40. The van der Waals surface area contributed by atoms with Crippen molar-refractivity contribution in [1.82, 2.24) is 0 Å². The lowest BCUT2D eigenvalue weighted by Gasteiger charge is -2.01. The van der Waals surface area contributed by atoms with E-state index >= 15 is 0 Å². The first kappa shape index (κ1) is 10.8. The number of aromatic carboxylic acids is 1. The quantitative estimate of drug-likeness (QED) is 0.763. The van der Waals surface area contributed by atoms with E-state index in [1.54, 1.807) is 0 Å². The van der Waals surface area contributed by atoms with Gasteiger partial charge < -0.3 is 14.6 Å². The van der Waals surface area contributed by atoms with Crippen LogP contribution in [0.1, 0.15) is 10.6 Å². The molecule has 17 heavy (non-hydrogen) atoms. The van der Waals surface area contributed by atoms with Gasteiger partial charge in [0.1, 0.15) is 17.0 Å². The maximum atomic E-state index is 11.6. The molecule has 2 aromatic rings. The van der Waals surface area contributed by atoms with Gasteiger partial charge in [-0.25, -0.2) is 4.79 Å². The molecule has 0 bridgehead atoms. The number of aromatic hydroxyl groups is 1. The minimum atomic E-state index is -1.42. The summed E-state index contributed by atoms with van der Waals surface area (Å²) in [5.74, 6) is -2.35. The molecule has 0 aliphatic carbocycles. The van der Waals surface area contributed by atoms with E-state index in [-0.39, 0.29) is 22.4 Å². The third kappa shape index (κ3) is 1.73. The number of rotatable bonds is 2. The molecule has 1 heterocycles. The molecule has 2 N–H and O–H groups in total. The molecule has 0 fully saturated rings. The zero-order chi connectivity index (χ0) is 12.6. The van der Waals surface area contributed by atoms with Gasteiger partial charge in [0.15, 0.2) is 5.43 Å². The van der Waals surface area contributed by atoms with Gasteiger partial charge in [-0.2, -0.15) is 0 Å². The summed E-state index contributed by atoms with van der Waals surface area (Å²) in [6.45, 7) is 0. The lowest BCUT2D eigenvalue weighted by molar-refractivity contribution is 0.0663. The molecule has 0 radical (unpaired) electrons.